The van der Waals surface area contributed by atoms with Gasteiger partial charge < -0.3 is 116 Å². The van der Waals surface area contributed by atoms with E-state index in [9.17, 15) is 61.8 Å². The Morgan fingerprint density at radius 3 is 0.967 bits per heavy atom. The minimum atomic E-state index is -1.73. The first kappa shape index (κ1) is 88.9. The van der Waals surface area contributed by atoms with Crippen molar-refractivity contribution < 1.29 is 126 Å². The van der Waals surface area contributed by atoms with Crippen LogP contribution in [0.5, 0.6) is 11.8 Å². The lowest BCUT2D eigenvalue weighted by molar-refractivity contribution is -0.0241. The SMILES string of the molecule is CCOc1nc(C)nn2c([C@@H]3O[C@H](CO)[C@@H](O)[C@H]3F)cnc12.COc1nc(C)nn2c([C@@H]3O[C@H](CO)[C@@H](O)[C@H]3F)cnc12.Cc1nc(N)c2ncc([C@@H]3O[C@H](CO)[C@@H](O)[C@H]3F)n2n1.Cc1nc(N)c2ncc([C@@H]3O[C@H](CO)[C@@H](O)[C@H]3F)n2n1.Cc1ncnn2c([C@@H]3O[C@H](CO)[C@@H](O)[C@H]3F)cnc12.Cc1nn2c([C@@H]3O[C@H](CO)[C@@H](O)[C@H]3F)cnc2c(=O)[nH]1. The number of halogens is 6. The van der Waals surface area contributed by atoms with Crippen LogP contribution in [0.4, 0.5) is 38.0 Å². The van der Waals surface area contributed by atoms with Crippen molar-refractivity contribution in [1.82, 2.24) is 117 Å². The second kappa shape index (κ2) is 37.1. The summed E-state index contributed by atoms with van der Waals surface area (Å²) in [5.41, 5.74) is 15.4. The molecule has 53 heteroatoms. The van der Waals surface area contributed by atoms with Crippen molar-refractivity contribution in [3.05, 3.63) is 123 Å². The number of methoxy groups -OCH3 is 1. The van der Waals surface area contributed by atoms with Gasteiger partial charge in [-0.25, -0.2) is 98.3 Å². The van der Waals surface area contributed by atoms with Crippen molar-refractivity contribution in [1.29, 1.82) is 0 Å². The molecule has 6 aliphatic heterocycles. The van der Waals surface area contributed by atoms with Gasteiger partial charge in [0, 0.05) is 0 Å². The molecule has 0 aliphatic carbocycles. The Morgan fingerprint density at radius 2 is 0.656 bits per heavy atom. The second-order valence-electron chi connectivity index (χ2n) is 28.3. The zero-order valence-electron chi connectivity index (χ0n) is 65.6. The van der Waals surface area contributed by atoms with Gasteiger partial charge in [0.15, 0.2) is 65.6 Å². The number of aryl methyl sites for hydroxylation is 6. The number of aromatic amines is 1. The summed E-state index contributed by atoms with van der Waals surface area (Å²) in [6, 6.07) is 0. The summed E-state index contributed by atoms with van der Waals surface area (Å²) in [5, 5.41) is 137. The average Bonchev–Trinajstić information content (AvgIpc) is 1.64. The highest BCUT2D eigenvalue weighted by Gasteiger charge is 2.52. The Balaban J connectivity index is 0.000000126. The molecule has 6 saturated heterocycles. The maximum absolute atomic E-state index is 14.3. The molecule has 122 heavy (non-hydrogen) atoms. The van der Waals surface area contributed by atoms with Crippen molar-refractivity contribution >= 4 is 45.5 Å². The maximum Gasteiger partial charge on any atom is 0.294 e. The number of nitrogens with zero attached hydrogens (tertiary/aromatic N) is 23. The second-order valence-corrected chi connectivity index (χ2v) is 28.3. The van der Waals surface area contributed by atoms with Gasteiger partial charge in [-0.05, 0) is 48.5 Å². The van der Waals surface area contributed by atoms with Crippen LogP contribution >= 0.6 is 0 Å². The number of nitrogens with one attached hydrogen (secondary N) is 1. The zero-order valence-corrected chi connectivity index (χ0v) is 65.6. The first-order valence-electron chi connectivity index (χ1n) is 37.5. The fraction of sp³-hybridized carbons (Fsp3) is 0.565. The molecule has 17 N–H and O–H groups in total. The number of nitrogen functional groups attached to an aromatic ring is 2. The number of imidazole rings is 6. The van der Waals surface area contributed by atoms with Crippen LogP contribution in [0.2, 0.25) is 0 Å². The summed E-state index contributed by atoms with van der Waals surface area (Å²) in [4.78, 5) is 58.7. The first-order valence-corrected chi connectivity index (χ1v) is 37.5. The standard InChI is InChI=1S/C13H17FN4O4.C12H15FN4O4.2C11H14FN5O3.C11H13FN4O4.C11H13FN4O3/c1-3-21-13-12-15-4-7(18(12)17-6(2)16-13)11-9(14)10(20)8(5-19)22-11;1-5-15-12(20-2)11-14-3-6(17(11)16-5)10-8(13)9(19)7(4-18)21-10;2*1-4-15-10(13)11-14-2-5(17(11)16-4)9-7(12)8(19)6(3-18)20-9;1-4-14-11(19)10-13-2-5(16(10)15-4)9-7(12)8(18)6(3-17)20-9;1-5-11-13-2-6(16(11)15-4-14-5)10-8(12)9(18)7(3-17)19-10/h4,8-11,19-20H,3,5H2,1-2H3;3,7-10,18-19H,4H2,1-2H3;2*2,6-9,18-19H,3H2,1H3,(H2,13,15,16);2,6-9,17-18H,3H2,1H3,(H,14,15,19);2,4,7-10,17-18H,3H2,1H3/t8-,9-,10-,11+;7-,8-,9-,10+;3*6-,7-,8-,9+;7-,8-,9-,10+/m111111/s1. The molecule has 47 nitrogen and oxygen atoms in total. The fourth-order valence-electron chi connectivity index (χ4n) is 14.2. The van der Waals surface area contributed by atoms with E-state index >= 15 is 0 Å². The van der Waals surface area contributed by atoms with Gasteiger partial charge in [-0.3, -0.25) is 4.79 Å². The van der Waals surface area contributed by atoms with E-state index in [1.807, 2.05) is 6.92 Å². The number of hydrogen-bond acceptors (Lipinski definition) is 40. The quantitative estimate of drug-likeness (QED) is 0.0439. The van der Waals surface area contributed by atoms with E-state index < -0.39 is 192 Å². The Bertz CT molecular complexity index is 5590. The highest BCUT2D eigenvalue weighted by Crippen LogP contribution is 2.42. The van der Waals surface area contributed by atoms with Crippen molar-refractivity contribution in [2.24, 2.45) is 0 Å². The Kier molecular flexibility index (Phi) is 27.0. The number of H-pyrrole nitrogens is 1. The van der Waals surface area contributed by atoms with Crippen molar-refractivity contribution in [2.45, 2.75) is 195 Å². The lowest BCUT2D eigenvalue weighted by atomic mass is 10.1. The summed E-state index contributed by atoms with van der Waals surface area (Å²) in [6.07, 6.45) is -21.0. The zero-order chi connectivity index (χ0) is 87.9. The average molecular weight is 1730 g/mol. The molecule has 18 rings (SSSR count). The Labute approximate surface area is 681 Å². The molecular formula is C69H86F6N26O21. The van der Waals surface area contributed by atoms with Crippen molar-refractivity contribution in [3.8, 4) is 11.8 Å². The number of fused-ring (bicyclic) bond motifs is 6. The van der Waals surface area contributed by atoms with Gasteiger partial charge in [-0.15, -0.1) is 0 Å². The molecule has 0 unspecified atom stereocenters. The molecule has 18 heterocycles. The molecule has 12 aromatic rings. The van der Waals surface area contributed by atoms with E-state index in [0.29, 0.717) is 104 Å². The molecule has 660 valence electrons. The molecule has 24 atom stereocenters. The molecular weight excluding hydrogens is 1640 g/mol. The number of aromatic nitrogens is 24. The van der Waals surface area contributed by atoms with Gasteiger partial charge in [0.25, 0.3) is 17.3 Å². The fourth-order valence-corrected chi connectivity index (χ4v) is 14.2. The first-order chi connectivity index (χ1) is 58.3. The van der Waals surface area contributed by atoms with Crippen LogP contribution in [0.15, 0.2) is 48.3 Å². The third kappa shape index (κ3) is 17.0. The van der Waals surface area contributed by atoms with E-state index in [4.69, 9.17) is 80.0 Å². The van der Waals surface area contributed by atoms with Crippen LogP contribution in [0.1, 0.15) is 113 Å². The molecule has 0 saturated carbocycles. The highest BCUT2D eigenvalue weighted by molar-refractivity contribution is 5.60. The predicted octanol–water partition coefficient (Wildman–Crippen LogP) is -3.75. The van der Waals surface area contributed by atoms with E-state index in [1.165, 1.54) is 77.7 Å². The molecule has 0 spiro atoms. The van der Waals surface area contributed by atoms with Crippen molar-refractivity contribution in [3.63, 3.8) is 0 Å². The van der Waals surface area contributed by atoms with Gasteiger partial charge in [-0.1, -0.05) is 0 Å². The van der Waals surface area contributed by atoms with Gasteiger partial charge in [0.05, 0.1) is 130 Å². The summed E-state index contributed by atoms with van der Waals surface area (Å²) < 4.78 is 135. The van der Waals surface area contributed by atoms with Crippen LogP contribution in [0.25, 0.3) is 33.9 Å². The van der Waals surface area contributed by atoms with Gasteiger partial charge >= 0.3 is 0 Å². The topological polar surface area (TPSA) is 647 Å². The molecule has 0 aromatic carbocycles. The smallest absolute Gasteiger partial charge is 0.294 e. The summed E-state index contributed by atoms with van der Waals surface area (Å²) in [7, 11) is 1.45. The third-order valence-corrected chi connectivity index (χ3v) is 20.2. The lowest BCUT2D eigenvalue weighted by Gasteiger charge is -2.12. The number of aliphatic hydroxyl groups excluding tert-OH is 12. The summed E-state index contributed by atoms with van der Waals surface area (Å²) >= 11 is 0. The molecule has 0 bridgehead atoms. The minimum Gasteiger partial charge on any atom is -0.478 e. The Hall–Kier alpha value is -10.8. The van der Waals surface area contributed by atoms with Crippen LogP contribution in [0.3, 0.4) is 0 Å². The minimum absolute atomic E-state index is 0.0170. The van der Waals surface area contributed by atoms with Crippen LogP contribution in [-0.4, -0.2) is 342 Å². The number of ether oxygens (including phenoxy) is 8. The lowest BCUT2D eigenvalue weighted by Crippen LogP contribution is -2.30. The van der Waals surface area contributed by atoms with E-state index in [0.717, 1.165) is 0 Å². The molecule has 6 fully saturated rings. The van der Waals surface area contributed by atoms with Crippen molar-refractivity contribution in [2.75, 3.05) is 64.8 Å². The van der Waals surface area contributed by atoms with E-state index in [1.54, 1.807) is 41.5 Å². The molecule has 0 radical (unpaired) electrons. The molecule has 6 aliphatic rings. The number of alkyl halides is 6. The van der Waals surface area contributed by atoms with Gasteiger partial charge in [-0.2, -0.15) is 40.6 Å². The number of nitrogens with two attached hydrogens (primary N) is 2. The van der Waals surface area contributed by atoms with E-state index in [2.05, 4.69) is 90.4 Å². The third-order valence-electron chi connectivity index (χ3n) is 20.2. The maximum atomic E-state index is 14.3. The Morgan fingerprint density at radius 1 is 0.385 bits per heavy atom. The number of rotatable bonds is 15. The normalized spacial score (nSPS) is 29.9. The predicted molar refractivity (Wildman–Crippen MR) is 396 cm³/mol. The highest BCUT2D eigenvalue weighted by atomic mass is 19.2. The van der Waals surface area contributed by atoms with Crippen LogP contribution < -0.4 is 26.5 Å². The number of aliphatic hydroxyl groups is 12. The largest absolute Gasteiger partial charge is 0.478 e. The summed E-state index contributed by atoms with van der Waals surface area (Å²) in [6.45, 7) is 9.41. The van der Waals surface area contributed by atoms with E-state index in [-0.39, 0.29) is 28.9 Å². The van der Waals surface area contributed by atoms with Gasteiger partial charge in [0.1, 0.15) is 145 Å². The monoisotopic (exact) mass is 1730 g/mol. The number of hydrogen-bond donors (Lipinski definition) is 15. The van der Waals surface area contributed by atoms with Crippen LogP contribution in [-0.2, 0) is 28.4 Å². The van der Waals surface area contributed by atoms with Gasteiger partial charge in [0.2, 0.25) is 16.9 Å². The number of anilines is 2. The molecule has 0 amide bonds. The molecule has 12 aromatic heterocycles. The summed E-state index contributed by atoms with van der Waals surface area (Å²) in [5.74, 6) is 2.93. The van der Waals surface area contributed by atoms with Crippen LogP contribution in [0, 0.1) is 41.5 Å².